The van der Waals surface area contributed by atoms with Crippen LogP contribution in [-0.4, -0.2) is 4.57 Å². The highest BCUT2D eigenvalue weighted by atomic mass is 16.3. The van der Waals surface area contributed by atoms with Crippen molar-refractivity contribution in [2.24, 2.45) is 0 Å². The van der Waals surface area contributed by atoms with Crippen LogP contribution in [0, 0.1) is 0 Å². The van der Waals surface area contributed by atoms with Crippen LogP contribution in [0.4, 0.5) is 17.1 Å². The lowest BCUT2D eigenvalue weighted by Gasteiger charge is -2.26. The van der Waals surface area contributed by atoms with Gasteiger partial charge in [-0.05, 0) is 89.0 Å². The molecule has 0 aliphatic heterocycles. The third-order valence-electron chi connectivity index (χ3n) is 11.2. The van der Waals surface area contributed by atoms with Crippen molar-refractivity contribution in [2.45, 2.75) is 0 Å². The van der Waals surface area contributed by atoms with Crippen molar-refractivity contribution in [3.63, 3.8) is 0 Å². The van der Waals surface area contributed by atoms with Crippen molar-refractivity contribution in [3.8, 4) is 39.1 Å². The Morgan fingerprint density at radius 3 is 1.67 bits per heavy atom. The van der Waals surface area contributed by atoms with Gasteiger partial charge in [-0.3, -0.25) is 0 Å². The van der Waals surface area contributed by atoms with Crippen LogP contribution in [0.15, 0.2) is 223 Å². The fraction of sp³-hybridized carbons (Fsp3) is 0. The van der Waals surface area contributed by atoms with Crippen LogP contribution in [0.25, 0.3) is 82.8 Å². The second-order valence-corrected chi connectivity index (χ2v) is 14.5. The molecular formula is C54H36N2O. The summed E-state index contributed by atoms with van der Waals surface area (Å²) < 4.78 is 8.85. The quantitative estimate of drug-likeness (QED) is 0.163. The average Bonchev–Trinajstić information content (AvgIpc) is 3.83. The highest BCUT2D eigenvalue weighted by molar-refractivity contribution is 6.11. The Morgan fingerprint density at radius 2 is 0.877 bits per heavy atom. The number of hydrogen-bond acceptors (Lipinski definition) is 2. The molecule has 0 amide bonds. The van der Waals surface area contributed by atoms with E-state index in [1.54, 1.807) is 0 Å². The first-order chi connectivity index (χ1) is 28.3. The molecule has 0 saturated carbocycles. The molecule has 2 heterocycles. The maximum absolute atomic E-state index is 6.44. The van der Waals surface area contributed by atoms with E-state index in [-0.39, 0.29) is 0 Å². The second kappa shape index (κ2) is 13.6. The zero-order valence-electron chi connectivity index (χ0n) is 31.1. The van der Waals surface area contributed by atoms with Gasteiger partial charge in [0.05, 0.1) is 16.7 Å². The molecule has 0 N–H and O–H groups in total. The van der Waals surface area contributed by atoms with Crippen LogP contribution < -0.4 is 4.90 Å². The first-order valence-corrected chi connectivity index (χ1v) is 19.4. The van der Waals surface area contributed by atoms with E-state index < -0.39 is 0 Å². The lowest BCUT2D eigenvalue weighted by Crippen LogP contribution is -2.09. The van der Waals surface area contributed by atoms with Gasteiger partial charge in [-0.25, -0.2) is 0 Å². The Hall–Kier alpha value is -7.62. The highest BCUT2D eigenvalue weighted by Crippen LogP contribution is 2.41. The first-order valence-electron chi connectivity index (χ1n) is 19.4. The lowest BCUT2D eigenvalue weighted by atomic mass is 9.97. The van der Waals surface area contributed by atoms with Crippen molar-refractivity contribution in [3.05, 3.63) is 218 Å². The van der Waals surface area contributed by atoms with Gasteiger partial charge in [0.2, 0.25) is 0 Å². The van der Waals surface area contributed by atoms with Crippen molar-refractivity contribution in [2.75, 3.05) is 4.90 Å². The fourth-order valence-electron chi connectivity index (χ4n) is 8.58. The van der Waals surface area contributed by atoms with Crippen LogP contribution in [-0.2, 0) is 0 Å². The molecule has 0 unspecified atom stereocenters. The van der Waals surface area contributed by atoms with Crippen molar-refractivity contribution in [1.29, 1.82) is 0 Å². The minimum atomic E-state index is 0.903. The molecule has 57 heavy (non-hydrogen) atoms. The molecule has 268 valence electrons. The number of para-hydroxylation sites is 6. The molecule has 0 aliphatic carbocycles. The number of hydrogen-bond donors (Lipinski definition) is 0. The van der Waals surface area contributed by atoms with E-state index in [1.165, 1.54) is 44.2 Å². The SMILES string of the molecule is c1ccc(N(c2ccc(-c3cccc(-c4ccccc4-n4c5ccccc5c5ccccc54)c3)cc2)c2cccc(-c3cccc4c3oc3ccccc34)c2)cc1. The van der Waals surface area contributed by atoms with E-state index in [0.29, 0.717) is 0 Å². The number of furan rings is 1. The molecule has 3 nitrogen and oxygen atoms in total. The van der Waals surface area contributed by atoms with E-state index in [4.69, 9.17) is 4.42 Å². The molecule has 11 aromatic rings. The molecule has 9 aromatic carbocycles. The Morgan fingerprint density at radius 1 is 0.333 bits per heavy atom. The lowest BCUT2D eigenvalue weighted by molar-refractivity contribution is 0.670. The molecule has 3 heteroatoms. The summed E-state index contributed by atoms with van der Waals surface area (Å²) in [7, 11) is 0. The molecule has 2 aromatic heterocycles. The van der Waals surface area contributed by atoms with Crippen molar-refractivity contribution in [1.82, 2.24) is 4.57 Å². The number of benzene rings is 9. The molecule has 0 atom stereocenters. The number of aromatic nitrogens is 1. The molecule has 0 saturated heterocycles. The predicted molar refractivity (Wildman–Crippen MR) is 239 cm³/mol. The summed E-state index contributed by atoms with van der Waals surface area (Å²) in [5.74, 6) is 0. The predicted octanol–water partition coefficient (Wildman–Crippen LogP) is 15.2. The van der Waals surface area contributed by atoms with Crippen LogP contribution in [0.3, 0.4) is 0 Å². The van der Waals surface area contributed by atoms with E-state index in [9.17, 15) is 0 Å². The van der Waals surface area contributed by atoms with Crippen LogP contribution in [0.1, 0.15) is 0 Å². The minimum absolute atomic E-state index is 0.903. The summed E-state index contributed by atoms with van der Waals surface area (Å²) in [6, 6.07) is 78.0. The molecular weight excluding hydrogens is 693 g/mol. The van der Waals surface area contributed by atoms with E-state index in [2.05, 4.69) is 216 Å². The summed E-state index contributed by atoms with van der Waals surface area (Å²) >= 11 is 0. The Balaban J connectivity index is 0.971. The van der Waals surface area contributed by atoms with E-state index in [1.807, 2.05) is 12.1 Å². The van der Waals surface area contributed by atoms with E-state index in [0.717, 1.165) is 55.7 Å². The summed E-state index contributed by atoms with van der Waals surface area (Å²) in [5, 5.41) is 4.78. The third-order valence-corrected chi connectivity index (χ3v) is 11.2. The highest BCUT2D eigenvalue weighted by Gasteiger charge is 2.18. The normalized spacial score (nSPS) is 11.5. The van der Waals surface area contributed by atoms with Crippen molar-refractivity contribution >= 4 is 60.8 Å². The summed E-state index contributed by atoms with van der Waals surface area (Å²) in [6.07, 6.45) is 0. The van der Waals surface area contributed by atoms with Crippen LogP contribution in [0.2, 0.25) is 0 Å². The van der Waals surface area contributed by atoms with Gasteiger partial charge in [0.25, 0.3) is 0 Å². The number of anilines is 3. The van der Waals surface area contributed by atoms with E-state index >= 15 is 0 Å². The van der Waals surface area contributed by atoms with Crippen molar-refractivity contribution < 1.29 is 4.42 Å². The molecule has 0 radical (unpaired) electrons. The second-order valence-electron chi connectivity index (χ2n) is 14.5. The van der Waals surface area contributed by atoms with Gasteiger partial charge < -0.3 is 13.9 Å². The van der Waals surface area contributed by atoms with Crippen LogP contribution >= 0.6 is 0 Å². The smallest absolute Gasteiger partial charge is 0.143 e. The number of fused-ring (bicyclic) bond motifs is 6. The van der Waals surface area contributed by atoms with Gasteiger partial charge >= 0.3 is 0 Å². The molecule has 0 bridgehead atoms. The molecule has 0 aliphatic rings. The Bertz CT molecular complexity index is 3190. The summed E-state index contributed by atoms with van der Waals surface area (Å²) in [5.41, 5.74) is 15.5. The molecule has 0 fully saturated rings. The summed E-state index contributed by atoms with van der Waals surface area (Å²) in [6.45, 7) is 0. The molecule has 0 spiro atoms. The van der Waals surface area contributed by atoms with Crippen LogP contribution in [0.5, 0.6) is 0 Å². The van der Waals surface area contributed by atoms with Gasteiger partial charge in [0, 0.05) is 49.7 Å². The number of rotatable bonds is 7. The average molecular weight is 729 g/mol. The van der Waals surface area contributed by atoms with Gasteiger partial charge in [-0.15, -0.1) is 0 Å². The van der Waals surface area contributed by atoms with Gasteiger partial charge in [0.15, 0.2) is 0 Å². The monoisotopic (exact) mass is 728 g/mol. The zero-order valence-corrected chi connectivity index (χ0v) is 31.1. The largest absolute Gasteiger partial charge is 0.455 e. The van der Waals surface area contributed by atoms with Gasteiger partial charge in [0.1, 0.15) is 11.2 Å². The summed E-state index contributed by atoms with van der Waals surface area (Å²) in [4.78, 5) is 2.32. The number of nitrogens with zero attached hydrogens (tertiary/aromatic N) is 2. The maximum atomic E-state index is 6.44. The topological polar surface area (TPSA) is 21.3 Å². The Labute approximate surface area is 330 Å². The minimum Gasteiger partial charge on any atom is -0.455 e. The third kappa shape index (κ3) is 5.60. The fourth-order valence-corrected chi connectivity index (χ4v) is 8.58. The maximum Gasteiger partial charge on any atom is 0.143 e. The van der Waals surface area contributed by atoms with Gasteiger partial charge in [-0.2, -0.15) is 0 Å². The van der Waals surface area contributed by atoms with Gasteiger partial charge in [-0.1, -0.05) is 152 Å². The molecule has 11 rings (SSSR count). The Kier molecular flexibility index (Phi) is 7.82. The first kappa shape index (κ1) is 32.8. The standard InChI is InChI=1S/C54H36N2O/c1-2-18-41(19-3-1)55(43-20-13-17-40(36-43)45-25-14-26-49-48-24-7-11-30-53(48)57-54(45)49)42-33-31-37(32-34-42)38-15-12-16-39(35-38)44-21-4-8-27-50(44)56-51-28-9-5-22-46(51)47-23-6-10-29-52(47)56/h1-36H. The zero-order chi connectivity index (χ0) is 37.7.